The molecular formula is C11H19NO2. The van der Waals surface area contributed by atoms with Gasteiger partial charge >= 0.3 is 5.97 Å². The first-order valence-corrected chi connectivity index (χ1v) is 5.33. The smallest absolute Gasteiger partial charge is 0.327 e. The molecule has 0 amide bonds. The predicted molar refractivity (Wildman–Crippen MR) is 56.0 cm³/mol. The molecule has 0 aromatic rings. The monoisotopic (exact) mass is 197 g/mol. The molecule has 0 heterocycles. The van der Waals surface area contributed by atoms with Gasteiger partial charge in [0, 0.05) is 0 Å². The molecule has 0 saturated carbocycles. The molecule has 0 fully saturated rings. The molecule has 0 bridgehead atoms. The van der Waals surface area contributed by atoms with Crippen molar-refractivity contribution in [2.75, 3.05) is 0 Å². The van der Waals surface area contributed by atoms with Crippen LogP contribution in [0.4, 0.5) is 0 Å². The standard InChI is InChI=1S/C11H19NO2/c1-2-11(12,10(13)14)9-7-5-3-4-6-8-9/h7H,2-6,8,12H2,1H3,(H,13,14). The third kappa shape index (κ3) is 2.15. The molecule has 0 saturated heterocycles. The highest BCUT2D eigenvalue weighted by Gasteiger charge is 2.35. The highest BCUT2D eigenvalue weighted by atomic mass is 16.4. The summed E-state index contributed by atoms with van der Waals surface area (Å²) in [5.74, 6) is -0.895. The normalized spacial score (nSPS) is 22.0. The second-order valence-corrected chi connectivity index (χ2v) is 3.96. The van der Waals surface area contributed by atoms with Crippen molar-refractivity contribution in [2.24, 2.45) is 5.73 Å². The number of aliphatic carboxylic acids is 1. The van der Waals surface area contributed by atoms with E-state index in [1.807, 2.05) is 13.0 Å². The minimum absolute atomic E-state index is 0.466. The van der Waals surface area contributed by atoms with Crippen LogP contribution in [0.25, 0.3) is 0 Å². The van der Waals surface area contributed by atoms with Crippen molar-refractivity contribution < 1.29 is 9.90 Å². The van der Waals surface area contributed by atoms with Crippen molar-refractivity contribution in [1.29, 1.82) is 0 Å². The Morgan fingerprint density at radius 3 is 2.86 bits per heavy atom. The molecule has 1 unspecified atom stereocenters. The van der Waals surface area contributed by atoms with Crippen molar-refractivity contribution in [3.05, 3.63) is 11.6 Å². The zero-order valence-electron chi connectivity index (χ0n) is 8.75. The molecule has 1 rings (SSSR count). The summed E-state index contributed by atoms with van der Waals surface area (Å²) in [6, 6.07) is 0. The summed E-state index contributed by atoms with van der Waals surface area (Å²) in [6.07, 6.45) is 7.72. The maximum Gasteiger partial charge on any atom is 0.327 e. The lowest BCUT2D eigenvalue weighted by Crippen LogP contribution is -2.49. The fourth-order valence-corrected chi connectivity index (χ4v) is 1.94. The number of rotatable bonds is 3. The largest absolute Gasteiger partial charge is 0.480 e. The maximum atomic E-state index is 11.1. The Hall–Kier alpha value is -0.830. The van der Waals surface area contributed by atoms with Gasteiger partial charge in [-0.3, -0.25) is 0 Å². The van der Waals surface area contributed by atoms with Crippen LogP contribution in [0, 0.1) is 0 Å². The Bertz CT molecular complexity index is 248. The van der Waals surface area contributed by atoms with Gasteiger partial charge in [-0.25, -0.2) is 4.79 Å². The molecule has 0 aromatic carbocycles. The third-order valence-corrected chi connectivity index (χ3v) is 3.05. The summed E-state index contributed by atoms with van der Waals surface area (Å²) in [4.78, 5) is 11.1. The Morgan fingerprint density at radius 2 is 2.29 bits per heavy atom. The van der Waals surface area contributed by atoms with Crippen LogP contribution < -0.4 is 5.73 Å². The van der Waals surface area contributed by atoms with E-state index in [4.69, 9.17) is 10.8 Å². The Morgan fingerprint density at radius 1 is 1.57 bits per heavy atom. The molecule has 0 aliphatic heterocycles. The van der Waals surface area contributed by atoms with Crippen LogP contribution in [-0.2, 0) is 4.79 Å². The summed E-state index contributed by atoms with van der Waals surface area (Å²) in [7, 11) is 0. The number of nitrogens with two attached hydrogens (primary N) is 1. The van der Waals surface area contributed by atoms with Gasteiger partial charge in [-0.2, -0.15) is 0 Å². The van der Waals surface area contributed by atoms with E-state index in [0.29, 0.717) is 6.42 Å². The number of hydrogen-bond donors (Lipinski definition) is 2. The first-order chi connectivity index (χ1) is 6.61. The topological polar surface area (TPSA) is 63.3 Å². The van der Waals surface area contributed by atoms with Gasteiger partial charge in [0.2, 0.25) is 0 Å². The van der Waals surface area contributed by atoms with Gasteiger partial charge in [-0.15, -0.1) is 0 Å². The summed E-state index contributed by atoms with van der Waals surface area (Å²) >= 11 is 0. The Labute approximate surface area is 85.0 Å². The fraction of sp³-hybridized carbons (Fsp3) is 0.727. The van der Waals surface area contributed by atoms with Crippen molar-refractivity contribution in [3.8, 4) is 0 Å². The van der Waals surface area contributed by atoms with E-state index in [1.165, 1.54) is 6.42 Å². The second kappa shape index (κ2) is 4.60. The Balaban J connectivity index is 2.86. The van der Waals surface area contributed by atoms with Crippen molar-refractivity contribution in [3.63, 3.8) is 0 Å². The quantitative estimate of drug-likeness (QED) is 0.681. The van der Waals surface area contributed by atoms with Gasteiger partial charge in [0.05, 0.1) is 0 Å². The van der Waals surface area contributed by atoms with Gasteiger partial charge in [-0.1, -0.05) is 19.4 Å². The molecule has 14 heavy (non-hydrogen) atoms. The summed E-state index contributed by atoms with van der Waals surface area (Å²) in [5, 5.41) is 9.11. The molecule has 3 heteroatoms. The number of carboxylic acid groups (broad SMARTS) is 1. The van der Waals surface area contributed by atoms with Crippen molar-refractivity contribution in [1.82, 2.24) is 0 Å². The molecule has 3 N–H and O–H groups in total. The van der Waals surface area contributed by atoms with E-state index in [-0.39, 0.29) is 0 Å². The van der Waals surface area contributed by atoms with Crippen LogP contribution in [0.5, 0.6) is 0 Å². The Kier molecular flexibility index (Phi) is 3.69. The summed E-state index contributed by atoms with van der Waals surface area (Å²) < 4.78 is 0. The van der Waals surface area contributed by atoms with E-state index in [0.717, 1.165) is 31.3 Å². The average Bonchev–Trinajstić information content (AvgIpc) is 2.44. The lowest BCUT2D eigenvalue weighted by atomic mass is 9.85. The number of carbonyl (C=O) groups is 1. The molecule has 0 aromatic heterocycles. The second-order valence-electron chi connectivity index (χ2n) is 3.96. The highest BCUT2D eigenvalue weighted by Crippen LogP contribution is 2.27. The van der Waals surface area contributed by atoms with Crippen LogP contribution in [0.3, 0.4) is 0 Å². The van der Waals surface area contributed by atoms with Crippen LogP contribution in [0.2, 0.25) is 0 Å². The molecule has 3 nitrogen and oxygen atoms in total. The number of hydrogen-bond acceptors (Lipinski definition) is 2. The van der Waals surface area contributed by atoms with Crippen molar-refractivity contribution >= 4 is 5.97 Å². The highest BCUT2D eigenvalue weighted by molar-refractivity contribution is 5.82. The number of allylic oxidation sites excluding steroid dienone is 1. The molecule has 1 aliphatic carbocycles. The lowest BCUT2D eigenvalue weighted by Gasteiger charge is -2.26. The molecule has 1 aliphatic rings. The van der Waals surface area contributed by atoms with Crippen LogP contribution >= 0.6 is 0 Å². The van der Waals surface area contributed by atoms with E-state index >= 15 is 0 Å². The molecule has 1 atom stereocenters. The van der Waals surface area contributed by atoms with Crippen molar-refractivity contribution in [2.45, 2.75) is 51.0 Å². The zero-order chi connectivity index (χ0) is 10.6. The van der Waals surface area contributed by atoms with E-state index in [2.05, 4.69) is 0 Å². The van der Waals surface area contributed by atoms with Gasteiger partial charge in [-0.05, 0) is 37.7 Å². The van der Waals surface area contributed by atoms with Crippen LogP contribution in [0.1, 0.15) is 45.4 Å². The van der Waals surface area contributed by atoms with Gasteiger partial charge in [0.25, 0.3) is 0 Å². The minimum Gasteiger partial charge on any atom is -0.480 e. The molecular weight excluding hydrogens is 178 g/mol. The van der Waals surface area contributed by atoms with E-state index < -0.39 is 11.5 Å². The summed E-state index contributed by atoms with van der Waals surface area (Å²) in [6.45, 7) is 1.83. The van der Waals surface area contributed by atoms with E-state index in [9.17, 15) is 4.79 Å². The first-order valence-electron chi connectivity index (χ1n) is 5.33. The lowest BCUT2D eigenvalue weighted by molar-refractivity contribution is -0.142. The fourth-order valence-electron chi connectivity index (χ4n) is 1.94. The zero-order valence-corrected chi connectivity index (χ0v) is 8.75. The summed E-state index contributed by atoms with van der Waals surface area (Å²) in [5.41, 5.74) is 5.72. The third-order valence-electron chi connectivity index (χ3n) is 3.05. The molecule has 80 valence electrons. The first kappa shape index (κ1) is 11.2. The number of carboxylic acids is 1. The van der Waals surface area contributed by atoms with Gasteiger partial charge < -0.3 is 10.8 Å². The average molecular weight is 197 g/mol. The SMILES string of the molecule is CCC(N)(C(=O)O)C1=CCCCCC1. The molecule has 0 spiro atoms. The predicted octanol–water partition coefficient (Wildman–Crippen LogP) is 2.07. The van der Waals surface area contributed by atoms with Crippen LogP contribution in [0.15, 0.2) is 11.6 Å². The maximum absolute atomic E-state index is 11.1. The van der Waals surface area contributed by atoms with Gasteiger partial charge in [0.1, 0.15) is 5.54 Å². The van der Waals surface area contributed by atoms with Crippen LogP contribution in [-0.4, -0.2) is 16.6 Å². The molecule has 0 radical (unpaired) electrons. The van der Waals surface area contributed by atoms with E-state index in [1.54, 1.807) is 0 Å². The van der Waals surface area contributed by atoms with Gasteiger partial charge in [0.15, 0.2) is 0 Å². The minimum atomic E-state index is -1.12.